The molecule has 4 heteroatoms. The Morgan fingerprint density at radius 1 is 0.722 bits per heavy atom. The highest BCUT2D eigenvalue weighted by atomic mass is 127. The van der Waals surface area contributed by atoms with Crippen LogP contribution >= 0.6 is 45.2 Å². The molecule has 94 valence electrons. The van der Waals surface area contributed by atoms with Gasteiger partial charge in [-0.25, -0.2) is 0 Å². The van der Waals surface area contributed by atoms with Crippen molar-refractivity contribution < 1.29 is 0 Å². The van der Waals surface area contributed by atoms with E-state index >= 15 is 0 Å². The van der Waals surface area contributed by atoms with E-state index in [2.05, 4.69) is 57.3 Å². The van der Waals surface area contributed by atoms with E-state index in [1.54, 1.807) is 0 Å². The van der Waals surface area contributed by atoms with E-state index in [4.69, 9.17) is 11.5 Å². The van der Waals surface area contributed by atoms with Crippen molar-refractivity contribution in [1.82, 2.24) is 0 Å². The van der Waals surface area contributed by atoms with Gasteiger partial charge in [-0.1, -0.05) is 24.3 Å². The highest BCUT2D eigenvalue weighted by Gasteiger charge is 2.17. The molecule has 2 atom stereocenters. The van der Waals surface area contributed by atoms with Crippen molar-refractivity contribution in [1.29, 1.82) is 0 Å². The van der Waals surface area contributed by atoms with Crippen molar-refractivity contribution >= 4 is 45.2 Å². The average molecular weight is 464 g/mol. The van der Waals surface area contributed by atoms with E-state index < -0.39 is 0 Å². The molecule has 0 aromatic heterocycles. The molecule has 0 saturated heterocycles. The molecule has 0 bridgehead atoms. The fraction of sp³-hybridized carbons (Fsp3) is 0.143. The van der Waals surface area contributed by atoms with Crippen LogP contribution in [0.1, 0.15) is 23.2 Å². The predicted molar refractivity (Wildman–Crippen MR) is 92.2 cm³/mol. The third-order valence-corrected chi connectivity index (χ3v) is 4.20. The number of hydrogen-bond acceptors (Lipinski definition) is 2. The lowest BCUT2D eigenvalue weighted by Gasteiger charge is -2.21. The van der Waals surface area contributed by atoms with E-state index in [-0.39, 0.29) is 12.1 Å². The van der Waals surface area contributed by atoms with E-state index in [1.807, 2.05) is 36.4 Å². The maximum absolute atomic E-state index is 6.26. The lowest BCUT2D eigenvalue weighted by atomic mass is 9.95. The molecule has 2 rings (SSSR count). The SMILES string of the molecule is NC(c1cccc(I)c1)C(N)c1cccc(I)c1. The zero-order chi connectivity index (χ0) is 13.1. The fourth-order valence-electron chi connectivity index (χ4n) is 1.84. The molecule has 0 aliphatic rings. The Hall–Kier alpha value is -0.180. The highest BCUT2D eigenvalue weighted by molar-refractivity contribution is 14.1. The predicted octanol–water partition coefficient (Wildman–Crippen LogP) is 3.60. The Bertz CT molecular complexity index is 493. The van der Waals surface area contributed by atoms with Crippen molar-refractivity contribution in [2.24, 2.45) is 11.5 Å². The summed E-state index contributed by atoms with van der Waals surface area (Å²) in [6.07, 6.45) is 0. The van der Waals surface area contributed by atoms with Crippen molar-refractivity contribution in [3.05, 3.63) is 66.8 Å². The van der Waals surface area contributed by atoms with Crippen LogP contribution in [0.15, 0.2) is 48.5 Å². The summed E-state index contributed by atoms with van der Waals surface area (Å²) in [5.74, 6) is 0. The molecule has 18 heavy (non-hydrogen) atoms. The molecule has 2 unspecified atom stereocenters. The number of halogens is 2. The molecule has 2 aromatic carbocycles. The van der Waals surface area contributed by atoms with Crippen LogP contribution in [0.5, 0.6) is 0 Å². The summed E-state index contributed by atoms with van der Waals surface area (Å²) in [5, 5.41) is 0. The van der Waals surface area contributed by atoms with Crippen LogP contribution < -0.4 is 11.5 Å². The van der Waals surface area contributed by atoms with E-state index in [1.165, 1.54) is 7.14 Å². The monoisotopic (exact) mass is 464 g/mol. The normalized spacial score (nSPS) is 14.2. The first-order valence-corrected chi connectivity index (χ1v) is 7.76. The number of rotatable bonds is 3. The molecule has 0 aliphatic carbocycles. The van der Waals surface area contributed by atoms with Gasteiger partial charge in [0, 0.05) is 19.2 Å². The lowest BCUT2D eigenvalue weighted by Crippen LogP contribution is -2.26. The Morgan fingerprint density at radius 2 is 1.11 bits per heavy atom. The summed E-state index contributed by atoms with van der Waals surface area (Å²) in [4.78, 5) is 0. The molecule has 2 nitrogen and oxygen atoms in total. The van der Waals surface area contributed by atoms with Crippen LogP contribution in [0.2, 0.25) is 0 Å². The molecular weight excluding hydrogens is 450 g/mol. The summed E-state index contributed by atoms with van der Waals surface area (Å²) in [6.45, 7) is 0. The maximum Gasteiger partial charge on any atom is 0.0491 e. The minimum Gasteiger partial charge on any atom is -0.322 e. The van der Waals surface area contributed by atoms with Crippen molar-refractivity contribution in [2.75, 3.05) is 0 Å². The molecule has 0 radical (unpaired) electrons. The zero-order valence-corrected chi connectivity index (χ0v) is 14.0. The standard InChI is InChI=1S/C14H14I2N2/c15-11-5-1-3-9(7-11)13(17)14(18)10-4-2-6-12(16)8-10/h1-8,13-14H,17-18H2. The second kappa shape index (κ2) is 6.31. The first kappa shape index (κ1) is 14.2. The topological polar surface area (TPSA) is 52.0 Å². The average Bonchev–Trinajstić information content (AvgIpc) is 2.37. The maximum atomic E-state index is 6.26. The van der Waals surface area contributed by atoms with Crippen LogP contribution in [0.4, 0.5) is 0 Å². The molecule has 0 spiro atoms. The summed E-state index contributed by atoms with van der Waals surface area (Å²) in [7, 11) is 0. The Kier molecular flexibility index (Phi) is 4.99. The molecule has 0 heterocycles. The van der Waals surface area contributed by atoms with Gasteiger partial charge in [-0.2, -0.15) is 0 Å². The molecule has 4 N–H and O–H groups in total. The molecule has 0 aliphatic heterocycles. The summed E-state index contributed by atoms with van der Waals surface area (Å²) < 4.78 is 2.35. The highest BCUT2D eigenvalue weighted by Crippen LogP contribution is 2.26. The van der Waals surface area contributed by atoms with Crippen LogP contribution in [0, 0.1) is 7.14 Å². The second-order valence-electron chi connectivity index (χ2n) is 4.16. The first-order chi connectivity index (χ1) is 8.58. The Morgan fingerprint density at radius 3 is 1.44 bits per heavy atom. The van der Waals surface area contributed by atoms with Crippen LogP contribution in [0.25, 0.3) is 0 Å². The fourth-order valence-corrected chi connectivity index (χ4v) is 2.98. The van der Waals surface area contributed by atoms with Crippen molar-refractivity contribution in [3.63, 3.8) is 0 Å². The van der Waals surface area contributed by atoms with Gasteiger partial charge in [0.2, 0.25) is 0 Å². The zero-order valence-electron chi connectivity index (χ0n) is 9.68. The molecular formula is C14H14I2N2. The Labute approximate surface area is 134 Å². The molecule has 2 aromatic rings. The Balaban J connectivity index is 2.26. The third-order valence-electron chi connectivity index (χ3n) is 2.85. The second-order valence-corrected chi connectivity index (χ2v) is 6.65. The number of hydrogen-bond donors (Lipinski definition) is 2. The molecule has 0 amide bonds. The van der Waals surface area contributed by atoms with E-state index in [0.717, 1.165) is 11.1 Å². The minimum absolute atomic E-state index is 0.182. The van der Waals surface area contributed by atoms with E-state index in [0.29, 0.717) is 0 Å². The van der Waals surface area contributed by atoms with Gasteiger partial charge >= 0.3 is 0 Å². The van der Waals surface area contributed by atoms with Gasteiger partial charge < -0.3 is 11.5 Å². The van der Waals surface area contributed by atoms with E-state index in [9.17, 15) is 0 Å². The molecule has 0 saturated carbocycles. The van der Waals surface area contributed by atoms with Gasteiger partial charge in [-0.3, -0.25) is 0 Å². The van der Waals surface area contributed by atoms with Gasteiger partial charge in [-0.05, 0) is 80.6 Å². The smallest absolute Gasteiger partial charge is 0.0491 e. The third kappa shape index (κ3) is 3.43. The minimum atomic E-state index is -0.182. The largest absolute Gasteiger partial charge is 0.322 e. The van der Waals surface area contributed by atoms with Gasteiger partial charge in [0.15, 0.2) is 0 Å². The van der Waals surface area contributed by atoms with Gasteiger partial charge in [0.05, 0.1) is 0 Å². The van der Waals surface area contributed by atoms with Gasteiger partial charge in [-0.15, -0.1) is 0 Å². The van der Waals surface area contributed by atoms with Crippen molar-refractivity contribution in [2.45, 2.75) is 12.1 Å². The summed E-state index contributed by atoms with van der Waals surface area (Å²) in [5.41, 5.74) is 14.7. The van der Waals surface area contributed by atoms with Gasteiger partial charge in [0.25, 0.3) is 0 Å². The van der Waals surface area contributed by atoms with Crippen LogP contribution in [0.3, 0.4) is 0 Å². The van der Waals surface area contributed by atoms with Crippen LogP contribution in [-0.4, -0.2) is 0 Å². The molecule has 0 fully saturated rings. The van der Waals surface area contributed by atoms with Crippen LogP contribution in [-0.2, 0) is 0 Å². The quantitative estimate of drug-likeness (QED) is 0.683. The lowest BCUT2D eigenvalue weighted by molar-refractivity contribution is 0.574. The number of benzene rings is 2. The summed E-state index contributed by atoms with van der Waals surface area (Å²) in [6, 6.07) is 16.0. The van der Waals surface area contributed by atoms with Crippen molar-refractivity contribution in [3.8, 4) is 0 Å². The summed E-state index contributed by atoms with van der Waals surface area (Å²) >= 11 is 4.57. The first-order valence-electron chi connectivity index (χ1n) is 5.60. The number of nitrogens with two attached hydrogens (primary N) is 2. The van der Waals surface area contributed by atoms with Gasteiger partial charge in [0.1, 0.15) is 0 Å².